The summed E-state index contributed by atoms with van der Waals surface area (Å²) in [5.74, 6) is -0.394. The van der Waals surface area contributed by atoms with Crippen LogP contribution in [0, 0.1) is 0 Å². The van der Waals surface area contributed by atoms with Crippen molar-refractivity contribution in [2.24, 2.45) is 5.73 Å². The second-order valence-corrected chi connectivity index (χ2v) is 3.42. The summed E-state index contributed by atoms with van der Waals surface area (Å²) < 4.78 is 4.95. The quantitative estimate of drug-likeness (QED) is 0.766. The molecule has 82 valence electrons. The van der Waals surface area contributed by atoms with Gasteiger partial charge in [0.2, 0.25) is 0 Å². The Kier molecular flexibility index (Phi) is 4.31. The van der Waals surface area contributed by atoms with Crippen LogP contribution >= 0.6 is 0 Å². The highest BCUT2D eigenvalue weighted by atomic mass is 16.5. The third kappa shape index (κ3) is 3.06. The van der Waals surface area contributed by atoms with Gasteiger partial charge in [0.05, 0.1) is 12.5 Å². The number of ether oxygens (including phenoxy) is 1. The molecule has 1 aromatic rings. The van der Waals surface area contributed by atoms with Crippen LogP contribution in [0.15, 0.2) is 24.3 Å². The fourth-order valence-corrected chi connectivity index (χ4v) is 1.35. The first-order chi connectivity index (χ1) is 7.19. The molecule has 2 N–H and O–H groups in total. The lowest BCUT2D eigenvalue weighted by atomic mass is 10.00. The zero-order valence-electron chi connectivity index (χ0n) is 9.19. The van der Waals surface area contributed by atoms with E-state index in [1.807, 2.05) is 38.1 Å². The molecule has 1 atom stereocenters. The predicted molar refractivity (Wildman–Crippen MR) is 59.4 cm³/mol. The molecular formula is C12H17NO2. The highest BCUT2D eigenvalue weighted by Crippen LogP contribution is 2.17. The van der Waals surface area contributed by atoms with E-state index in [1.54, 1.807) is 0 Å². The Labute approximate surface area is 90.2 Å². The Morgan fingerprint density at radius 2 is 2.00 bits per heavy atom. The Bertz CT molecular complexity index is 319. The van der Waals surface area contributed by atoms with Crippen LogP contribution in [0.2, 0.25) is 0 Å². The number of carbonyl (C=O) groups excluding carboxylic acids is 1. The Morgan fingerprint density at radius 1 is 1.40 bits per heavy atom. The lowest BCUT2D eigenvalue weighted by molar-refractivity contribution is -0.144. The van der Waals surface area contributed by atoms with Crippen LogP contribution in [0.25, 0.3) is 0 Å². The minimum Gasteiger partial charge on any atom is -0.466 e. The fraction of sp³-hybridized carbons (Fsp3) is 0.417. The SMILES string of the molecule is CCOC(=O)C(C)c1ccc(CN)cc1. The molecule has 0 amide bonds. The minimum absolute atomic E-state index is 0.182. The van der Waals surface area contributed by atoms with E-state index in [-0.39, 0.29) is 11.9 Å². The molecule has 0 radical (unpaired) electrons. The molecule has 3 nitrogen and oxygen atoms in total. The van der Waals surface area contributed by atoms with Gasteiger partial charge < -0.3 is 10.5 Å². The van der Waals surface area contributed by atoms with Crippen molar-refractivity contribution in [3.8, 4) is 0 Å². The van der Waals surface area contributed by atoms with E-state index in [0.29, 0.717) is 13.2 Å². The average Bonchev–Trinajstić information content (AvgIpc) is 2.28. The van der Waals surface area contributed by atoms with Gasteiger partial charge in [0.25, 0.3) is 0 Å². The van der Waals surface area contributed by atoms with Gasteiger partial charge in [0, 0.05) is 6.54 Å². The van der Waals surface area contributed by atoms with E-state index in [2.05, 4.69) is 0 Å². The van der Waals surface area contributed by atoms with Crippen LogP contribution in [-0.2, 0) is 16.1 Å². The fourth-order valence-electron chi connectivity index (χ4n) is 1.35. The summed E-state index contributed by atoms with van der Waals surface area (Å²) in [6.07, 6.45) is 0. The van der Waals surface area contributed by atoms with Crippen LogP contribution in [-0.4, -0.2) is 12.6 Å². The molecular weight excluding hydrogens is 190 g/mol. The number of hydrogen-bond acceptors (Lipinski definition) is 3. The monoisotopic (exact) mass is 207 g/mol. The Morgan fingerprint density at radius 3 is 2.47 bits per heavy atom. The molecule has 15 heavy (non-hydrogen) atoms. The molecule has 0 aliphatic heterocycles. The molecule has 0 spiro atoms. The number of hydrogen-bond donors (Lipinski definition) is 1. The first kappa shape index (κ1) is 11.7. The van der Waals surface area contributed by atoms with E-state index in [4.69, 9.17) is 10.5 Å². The summed E-state index contributed by atoms with van der Waals surface area (Å²) in [6, 6.07) is 7.71. The van der Waals surface area contributed by atoms with E-state index in [9.17, 15) is 4.79 Å². The molecule has 0 saturated carbocycles. The average molecular weight is 207 g/mol. The highest BCUT2D eigenvalue weighted by Gasteiger charge is 2.15. The van der Waals surface area contributed by atoms with E-state index < -0.39 is 0 Å². The molecule has 3 heteroatoms. The van der Waals surface area contributed by atoms with Crippen LogP contribution in [0.1, 0.15) is 30.9 Å². The molecule has 0 aliphatic rings. The third-order valence-electron chi connectivity index (χ3n) is 2.36. The lowest BCUT2D eigenvalue weighted by Crippen LogP contribution is -2.13. The van der Waals surface area contributed by atoms with Crippen molar-refractivity contribution in [2.75, 3.05) is 6.61 Å². The van der Waals surface area contributed by atoms with Crippen LogP contribution in [0.4, 0.5) is 0 Å². The molecule has 0 fully saturated rings. The normalized spacial score (nSPS) is 12.2. The van der Waals surface area contributed by atoms with Gasteiger partial charge >= 0.3 is 5.97 Å². The smallest absolute Gasteiger partial charge is 0.313 e. The third-order valence-corrected chi connectivity index (χ3v) is 2.36. The zero-order valence-corrected chi connectivity index (χ0v) is 9.19. The van der Waals surface area contributed by atoms with Crippen molar-refractivity contribution in [3.05, 3.63) is 35.4 Å². The summed E-state index contributed by atoms with van der Waals surface area (Å²) >= 11 is 0. The lowest BCUT2D eigenvalue weighted by Gasteiger charge is -2.10. The molecule has 1 rings (SSSR count). The molecule has 0 bridgehead atoms. The summed E-state index contributed by atoms with van der Waals surface area (Å²) in [4.78, 5) is 11.5. The second kappa shape index (κ2) is 5.51. The van der Waals surface area contributed by atoms with Crippen LogP contribution in [0.3, 0.4) is 0 Å². The van der Waals surface area contributed by atoms with Gasteiger partial charge in [-0.2, -0.15) is 0 Å². The molecule has 0 aliphatic carbocycles. The largest absolute Gasteiger partial charge is 0.466 e. The van der Waals surface area contributed by atoms with E-state index in [1.165, 1.54) is 0 Å². The summed E-state index contributed by atoms with van der Waals surface area (Å²) in [7, 11) is 0. The van der Waals surface area contributed by atoms with Gasteiger partial charge in [-0.05, 0) is 25.0 Å². The summed E-state index contributed by atoms with van der Waals surface area (Å²) in [6.45, 7) is 4.59. The first-order valence-electron chi connectivity index (χ1n) is 5.14. The van der Waals surface area contributed by atoms with Crippen molar-refractivity contribution in [3.63, 3.8) is 0 Å². The van der Waals surface area contributed by atoms with E-state index in [0.717, 1.165) is 11.1 Å². The van der Waals surface area contributed by atoms with Crippen molar-refractivity contribution >= 4 is 5.97 Å². The molecule has 1 unspecified atom stereocenters. The standard InChI is InChI=1S/C12H17NO2/c1-3-15-12(14)9(2)11-6-4-10(8-13)5-7-11/h4-7,9H,3,8,13H2,1-2H3. The maximum Gasteiger partial charge on any atom is 0.313 e. The van der Waals surface area contributed by atoms with Crippen LogP contribution in [0.5, 0.6) is 0 Å². The maximum atomic E-state index is 11.5. The number of benzene rings is 1. The number of rotatable bonds is 4. The minimum atomic E-state index is -0.211. The van der Waals surface area contributed by atoms with Gasteiger partial charge in [-0.1, -0.05) is 24.3 Å². The van der Waals surface area contributed by atoms with Crippen molar-refractivity contribution in [1.29, 1.82) is 0 Å². The summed E-state index contributed by atoms with van der Waals surface area (Å²) in [5, 5.41) is 0. The Hall–Kier alpha value is -1.35. The van der Waals surface area contributed by atoms with Gasteiger partial charge in [0.1, 0.15) is 0 Å². The number of carbonyl (C=O) groups is 1. The highest BCUT2D eigenvalue weighted by molar-refractivity contribution is 5.77. The molecule has 1 aromatic carbocycles. The number of nitrogens with two attached hydrogens (primary N) is 1. The zero-order chi connectivity index (χ0) is 11.3. The van der Waals surface area contributed by atoms with Gasteiger partial charge in [-0.15, -0.1) is 0 Å². The predicted octanol–water partition coefficient (Wildman–Crippen LogP) is 1.81. The van der Waals surface area contributed by atoms with E-state index >= 15 is 0 Å². The second-order valence-electron chi connectivity index (χ2n) is 3.42. The Balaban J connectivity index is 2.73. The van der Waals surface area contributed by atoms with Gasteiger partial charge in [-0.25, -0.2) is 0 Å². The molecule has 0 heterocycles. The van der Waals surface area contributed by atoms with Crippen LogP contribution < -0.4 is 5.73 Å². The first-order valence-corrected chi connectivity index (χ1v) is 5.14. The summed E-state index contributed by atoms with van der Waals surface area (Å²) in [5.41, 5.74) is 7.52. The number of esters is 1. The van der Waals surface area contributed by atoms with Crippen molar-refractivity contribution < 1.29 is 9.53 Å². The molecule has 0 saturated heterocycles. The van der Waals surface area contributed by atoms with Gasteiger partial charge in [0.15, 0.2) is 0 Å². The molecule has 0 aromatic heterocycles. The van der Waals surface area contributed by atoms with Gasteiger partial charge in [-0.3, -0.25) is 4.79 Å². The van der Waals surface area contributed by atoms with Crippen molar-refractivity contribution in [1.82, 2.24) is 0 Å². The van der Waals surface area contributed by atoms with Crippen molar-refractivity contribution in [2.45, 2.75) is 26.3 Å². The maximum absolute atomic E-state index is 11.5. The topological polar surface area (TPSA) is 52.3 Å².